The summed E-state index contributed by atoms with van der Waals surface area (Å²) in [6.45, 7) is 6.41. The maximum absolute atomic E-state index is 5.87. The Bertz CT molecular complexity index is 785. The van der Waals surface area contributed by atoms with Crippen LogP contribution in [0.4, 0.5) is 5.69 Å². The fourth-order valence-corrected chi connectivity index (χ4v) is 2.43. The summed E-state index contributed by atoms with van der Waals surface area (Å²) >= 11 is 0. The summed E-state index contributed by atoms with van der Waals surface area (Å²) in [6.07, 6.45) is 1.94. The number of aromatic nitrogens is 3. The number of nitrogens with two attached hydrogens (primary N) is 1. The van der Waals surface area contributed by atoms with Crippen LogP contribution >= 0.6 is 0 Å². The average molecular weight is 292 g/mol. The summed E-state index contributed by atoms with van der Waals surface area (Å²) < 4.78 is 1.78. The summed E-state index contributed by atoms with van der Waals surface area (Å²) in [5.41, 5.74) is 11.9. The quantitative estimate of drug-likeness (QED) is 0.744. The zero-order valence-electron chi connectivity index (χ0n) is 13.1. The molecule has 0 aliphatic carbocycles. The molecule has 0 aliphatic rings. The third-order valence-electron chi connectivity index (χ3n) is 3.85. The van der Waals surface area contributed by atoms with Crippen molar-refractivity contribution in [3.8, 4) is 16.9 Å². The molecule has 0 radical (unpaired) electrons. The van der Waals surface area contributed by atoms with Crippen LogP contribution in [-0.4, -0.2) is 15.0 Å². The minimum Gasteiger partial charge on any atom is -0.399 e. The molecule has 0 saturated heterocycles. The van der Waals surface area contributed by atoms with Crippen molar-refractivity contribution in [1.82, 2.24) is 15.0 Å². The maximum Gasteiger partial charge on any atom is 0.113 e. The van der Waals surface area contributed by atoms with E-state index in [1.807, 2.05) is 31.3 Å². The lowest BCUT2D eigenvalue weighted by molar-refractivity contribution is 0.799. The third kappa shape index (κ3) is 2.72. The Morgan fingerprint density at radius 3 is 2.45 bits per heavy atom. The highest BCUT2D eigenvalue weighted by Crippen LogP contribution is 2.23. The zero-order chi connectivity index (χ0) is 15.7. The second-order valence-electron chi connectivity index (χ2n) is 5.87. The van der Waals surface area contributed by atoms with Crippen molar-refractivity contribution in [3.63, 3.8) is 0 Å². The van der Waals surface area contributed by atoms with Gasteiger partial charge >= 0.3 is 0 Å². The first-order valence-corrected chi connectivity index (χ1v) is 7.44. The standard InChI is InChI=1S/C18H20N4/c1-12(2)14-5-7-15(8-6-14)17-11-22(21-20-17)18-10-16(19)9-4-13(18)3/h4-12H,19H2,1-3H3. The van der Waals surface area contributed by atoms with Crippen LogP contribution in [0.3, 0.4) is 0 Å². The predicted octanol–water partition coefficient (Wildman–Crippen LogP) is 3.95. The van der Waals surface area contributed by atoms with E-state index in [0.29, 0.717) is 5.92 Å². The van der Waals surface area contributed by atoms with Crippen LogP contribution in [0.5, 0.6) is 0 Å². The van der Waals surface area contributed by atoms with E-state index in [1.165, 1.54) is 5.56 Å². The minimum absolute atomic E-state index is 0.527. The molecule has 0 amide bonds. The van der Waals surface area contributed by atoms with E-state index < -0.39 is 0 Å². The second kappa shape index (κ2) is 5.64. The van der Waals surface area contributed by atoms with Gasteiger partial charge < -0.3 is 5.73 Å². The molecule has 0 spiro atoms. The van der Waals surface area contributed by atoms with Crippen LogP contribution in [0.1, 0.15) is 30.9 Å². The fourth-order valence-electron chi connectivity index (χ4n) is 2.43. The summed E-state index contributed by atoms with van der Waals surface area (Å²) in [6, 6.07) is 14.3. The molecule has 0 aliphatic heterocycles. The maximum atomic E-state index is 5.87. The van der Waals surface area contributed by atoms with Crippen molar-refractivity contribution in [2.75, 3.05) is 5.73 Å². The van der Waals surface area contributed by atoms with Gasteiger partial charge in [0, 0.05) is 11.3 Å². The molecule has 0 saturated carbocycles. The SMILES string of the molecule is Cc1ccc(N)cc1-n1cc(-c2ccc(C(C)C)cc2)nn1. The van der Waals surface area contributed by atoms with Crippen molar-refractivity contribution >= 4 is 5.69 Å². The Morgan fingerprint density at radius 2 is 1.77 bits per heavy atom. The first-order chi connectivity index (χ1) is 10.5. The summed E-state index contributed by atoms with van der Waals surface area (Å²) in [5.74, 6) is 0.527. The Balaban J connectivity index is 1.95. The highest BCUT2D eigenvalue weighted by atomic mass is 15.4. The molecule has 2 N–H and O–H groups in total. The first kappa shape index (κ1) is 14.3. The van der Waals surface area contributed by atoms with Gasteiger partial charge in [-0.05, 0) is 36.1 Å². The molecule has 0 unspecified atom stereocenters. The largest absolute Gasteiger partial charge is 0.399 e. The van der Waals surface area contributed by atoms with Crippen LogP contribution in [-0.2, 0) is 0 Å². The van der Waals surface area contributed by atoms with E-state index in [1.54, 1.807) is 4.68 Å². The molecule has 0 bridgehead atoms. The third-order valence-corrected chi connectivity index (χ3v) is 3.85. The van der Waals surface area contributed by atoms with Crippen molar-refractivity contribution in [3.05, 3.63) is 59.8 Å². The van der Waals surface area contributed by atoms with Crippen molar-refractivity contribution in [1.29, 1.82) is 0 Å². The Labute approximate surface area is 130 Å². The van der Waals surface area contributed by atoms with Crippen LogP contribution in [0.15, 0.2) is 48.7 Å². The van der Waals surface area contributed by atoms with Gasteiger partial charge in [-0.15, -0.1) is 5.10 Å². The number of aryl methyl sites for hydroxylation is 1. The molecule has 112 valence electrons. The Kier molecular flexibility index (Phi) is 3.67. The molecule has 3 rings (SSSR count). The molecule has 4 nitrogen and oxygen atoms in total. The fraction of sp³-hybridized carbons (Fsp3) is 0.222. The van der Waals surface area contributed by atoms with Gasteiger partial charge in [0.15, 0.2) is 0 Å². The number of rotatable bonds is 3. The number of hydrogen-bond acceptors (Lipinski definition) is 3. The monoisotopic (exact) mass is 292 g/mol. The van der Waals surface area contributed by atoms with Crippen molar-refractivity contribution < 1.29 is 0 Å². The molecule has 2 aromatic carbocycles. The van der Waals surface area contributed by atoms with Crippen LogP contribution < -0.4 is 5.73 Å². The lowest BCUT2D eigenvalue weighted by Crippen LogP contribution is -1.99. The molecule has 3 aromatic rings. The van der Waals surface area contributed by atoms with E-state index in [2.05, 4.69) is 48.4 Å². The highest BCUT2D eigenvalue weighted by molar-refractivity contribution is 5.60. The summed E-state index contributed by atoms with van der Waals surface area (Å²) in [5, 5.41) is 8.51. The van der Waals surface area contributed by atoms with Gasteiger partial charge in [-0.25, -0.2) is 4.68 Å². The van der Waals surface area contributed by atoms with Gasteiger partial charge in [-0.3, -0.25) is 0 Å². The topological polar surface area (TPSA) is 56.7 Å². The van der Waals surface area contributed by atoms with Gasteiger partial charge in [0.25, 0.3) is 0 Å². The van der Waals surface area contributed by atoms with Gasteiger partial charge in [-0.2, -0.15) is 0 Å². The minimum atomic E-state index is 0.527. The smallest absolute Gasteiger partial charge is 0.113 e. The number of anilines is 1. The number of nitrogen functional groups attached to an aromatic ring is 1. The second-order valence-corrected chi connectivity index (χ2v) is 5.87. The molecular formula is C18H20N4. The van der Waals surface area contributed by atoms with Gasteiger partial charge in [-0.1, -0.05) is 49.4 Å². The van der Waals surface area contributed by atoms with E-state index in [4.69, 9.17) is 5.73 Å². The predicted molar refractivity (Wildman–Crippen MR) is 90.0 cm³/mol. The van der Waals surface area contributed by atoms with Crippen LogP contribution in [0.2, 0.25) is 0 Å². The summed E-state index contributed by atoms with van der Waals surface area (Å²) in [4.78, 5) is 0. The van der Waals surface area contributed by atoms with Crippen LogP contribution in [0.25, 0.3) is 16.9 Å². The summed E-state index contributed by atoms with van der Waals surface area (Å²) in [7, 11) is 0. The van der Waals surface area contributed by atoms with Gasteiger partial charge in [0.2, 0.25) is 0 Å². The van der Waals surface area contributed by atoms with Crippen molar-refractivity contribution in [2.24, 2.45) is 0 Å². The lowest BCUT2D eigenvalue weighted by Gasteiger charge is -2.06. The normalized spacial score (nSPS) is 11.1. The molecule has 0 fully saturated rings. The first-order valence-electron chi connectivity index (χ1n) is 7.44. The number of hydrogen-bond donors (Lipinski definition) is 1. The molecular weight excluding hydrogens is 272 g/mol. The highest BCUT2D eigenvalue weighted by Gasteiger charge is 2.08. The average Bonchev–Trinajstić information content (AvgIpc) is 2.99. The van der Waals surface area contributed by atoms with Gasteiger partial charge in [0.05, 0.1) is 11.9 Å². The van der Waals surface area contributed by atoms with Crippen LogP contribution in [0, 0.1) is 6.92 Å². The molecule has 22 heavy (non-hydrogen) atoms. The molecule has 0 atom stereocenters. The van der Waals surface area contributed by atoms with E-state index in [0.717, 1.165) is 28.2 Å². The molecule has 4 heteroatoms. The number of nitrogens with zero attached hydrogens (tertiary/aromatic N) is 3. The lowest BCUT2D eigenvalue weighted by atomic mass is 10.0. The molecule has 1 aromatic heterocycles. The van der Waals surface area contributed by atoms with E-state index in [9.17, 15) is 0 Å². The van der Waals surface area contributed by atoms with E-state index in [-0.39, 0.29) is 0 Å². The number of benzene rings is 2. The molecule has 1 heterocycles. The van der Waals surface area contributed by atoms with E-state index >= 15 is 0 Å². The van der Waals surface area contributed by atoms with Gasteiger partial charge in [0.1, 0.15) is 5.69 Å². The Morgan fingerprint density at radius 1 is 1.05 bits per heavy atom. The van der Waals surface area contributed by atoms with Crippen molar-refractivity contribution in [2.45, 2.75) is 26.7 Å². The Hall–Kier alpha value is -2.62. The zero-order valence-corrected chi connectivity index (χ0v) is 13.1.